The van der Waals surface area contributed by atoms with E-state index in [1.54, 1.807) is 18.2 Å². The number of ether oxygens (including phenoxy) is 2. The number of halogens is 3. The number of carbonyl (C=O) groups excluding carboxylic acids is 1. The van der Waals surface area contributed by atoms with Crippen LogP contribution in [0.15, 0.2) is 36.4 Å². The van der Waals surface area contributed by atoms with Gasteiger partial charge in [0.1, 0.15) is 0 Å². The number of hydrogen-bond donors (Lipinski definition) is 1. The van der Waals surface area contributed by atoms with Gasteiger partial charge in [-0.25, -0.2) is 0 Å². The van der Waals surface area contributed by atoms with Crippen molar-refractivity contribution in [2.24, 2.45) is 0 Å². The van der Waals surface area contributed by atoms with Gasteiger partial charge in [0, 0.05) is 36.1 Å². The van der Waals surface area contributed by atoms with Crippen molar-refractivity contribution in [3.05, 3.63) is 47.5 Å². The molecule has 3 heterocycles. The van der Waals surface area contributed by atoms with Crippen molar-refractivity contribution in [3.8, 4) is 22.8 Å². The maximum absolute atomic E-state index is 13.8. The number of carbonyl (C=O) groups is 1. The molecule has 0 radical (unpaired) electrons. The zero-order chi connectivity index (χ0) is 29.3. The molecule has 0 saturated carbocycles. The van der Waals surface area contributed by atoms with Crippen LogP contribution >= 0.6 is 0 Å². The van der Waals surface area contributed by atoms with Crippen LogP contribution in [0.25, 0.3) is 22.2 Å². The number of benzene rings is 2. The number of nitrogens with zero attached hydrogens (tertiary/aromatic N) is 3. The Morgan fingerprint density at radius 3 is 2.39 bits per heavy atom. The van der Waals surface area contributed by atoms with Crippen molar-refractivity contribution in [2.45, 2.75) is 43.8 Å². The van der Waals surface area contributed by atoms with E-state index in [9.17, 15) is 18.0 Å². The van der Waals surface area contributed by atoms with E-state index in [4.69, 9.17) is 9.47 Å². The Hall–Kier alpha value is -3.24. The van der Waals surface area contributed by atoms with E-state index in [1.165, 1.54) is 14.2 Å². The van der Waals surface area contributed by atoms with Gasteiger partial charge < -0.3 is 24.3 Å². The zero-order valence-electron chi connectivity index (χ0n) is 24.2. The molecule has 10 heteroatoms. The van der Waals surface area contributed by atoms with E-state index in [0.29, 0.717) is 40.2 Å². The average molecular weight is 573 g/mol. The van der Waals surface area contributed by atoms with Gasteiger partial charge in [0.2, 0.25) is 5.91 Å². The van der Waals surface area contributed by atoms with Crippen molar-refractivity contribution in [1.82, 2.24) is 19.7 Å². The first-order valence-electron chi connectivity index (χ1n) is 14.2. The number of methoxy groups -OCH3 is 2. The van der Waals surface area contributed by atoms with Gasteiger partial charge >= 0.3 is 6.18 Å². The Kier molecular flexibility index (Phi) is 8.52. The third-order valence-electron chi connectivity index (χ3n) is 8.71. The van der Waals surface area contributed by atoms with Crippen LogP contribution in [-0.2, 0) is 11.2 Å². The first kappa shape index (κ1) is 29.3. The second-order valence-electron chi connectivity index (χ2n) is 11.4. The molecule has 7 nitrogen and oxygen atoms in total. The summed E-state index contributed by atoms with van der Waals surface area (Å²) in [6.07, 6.45) is -2.68. The lowest BCUT2D eigenvalue weighted by atomic mass is 9.88. The molecule has 0 bridgehead atoms. The van der Waals surface area contributed by atoms with Crippen LogP contribution < -0.4 is 9.47 Å². The number of likely N-dealkylation sites (N-methyl/N-ethyl adjacent to an activating group) is 2. The van der Waals surface area contributed by atoms with Gasteiger partial charge in [-0.2, -0.15) is 13.2 Å². The van der Waals surface area contributed by atoms with Crippen LogP contribution in [0.2, 0.25) is 0 Å². The third-order valence-corrected chi connectivity index (χ3v) is 8.71. The summed E-state index contributed by atoms with van der Waals surface area (Å²) in [6.45, 7) is 3.90. The summed E-state index contributed by atoms with van der Waals surface area (Å²) < 4.78 is 52.1. The predicted octanol–water partition coefficient (Wildman–Crippen LogP) is 5.30. The van der Waals surface area contributed by atoms with E-state index >= 15 is 0 Å². The van der Waals surface area contributed by atoms with Crippen molar-refractivity contribution in [3.63, 3.8) is 0 Å². The van der Waals surface area contributed by atoms with Crippen molar-refractivity contribution in [2.75, 3.05) is 61.0 Å². The van der Waals surface area contributed by atoms with Crippen molar-refractivity contribution >= 4 is 16.8 Å². The highest BCUT2D eigenvalue weighted by molar-refractivity contribution is 5.92. The summed E-state index contributed by atoms with van der Waals surface area (Å²) in [5.41, 5.74) is 2.97. The molecule has 2 aliphatic heterocycles. The Morgan fingerprint density at radius 1 is 1.02 bits per heavy atom. The molecule has 1 aromatic heterocycles. The second kappa shape index (κ2) is 11.9. The molecule has 0 spiro atoms. The predicted molar refractivity (Wildman–Crippen MR) is 154 cm³/mol. The van der Waals surface area contributed by atoms with Crippen molar-refractivity contribution in [1.29, 1.82) is 0 Å². The summed E-state index contributed by atoms with van der Waals surface area (Å²) >= 11 is 0. The molecule has 1 amide bonds. The minimum Gasteiger partial charge on any atom is -0.493 e. The number of nitrogens with one attached hydrogen (secondary N) is 1. The molecule has 2 aromatic carbocycles. The number of likely N-dealkylation sites (tertiary alicyclic amines) is 2. The van der Waals surface area contributed by atoms with Crippen molar-refractivity contribution < 1.29 is 27.4 Å². The normalized spacial score (nSPS) is 19.1. The third kappa shape index (κ3) is 6.48. The molecule has 2 aliphatic rings. The number of amides is 1. The van der Waals surface area contributed by atoms with E-state index in [1.807, 2.05) is 30.1 Å². The maximum atomic E-state index is 13.8. The van der Waals surface area contributed by atoms with Crippen LogP contribution in [0.5, 0.6) is 11.5 Å². The van der Waals surface area contributed by atoms with Gasteiger partial charge in [-0.05, 0) is 93.3 Å². The topological polar surface area (TPSA) is 61.0 Å². The van der Waals surface area contributed by atoms with E-state index in [-0.39, 0.29) is 23.4 Å². The number of aromatic amines is 1. The minimum absolute atomic E-state index is 0.150. The maximum Gasteiger partial charge on any atom is 0.393 e. The summed E-state index contributed by atoms with van der Waals surface area (Å²) in [5, 5.41) is 0.588. The van der Waals surface area contributed by atoms with Gasteiger partial charge in [0.05, 0.1) is 32.9 Å². The number of hydrogen-bond acceptors (Lipinski definition) is 5. The van der Waals surface area contributed by atoms with Crippen LogP contribution in [0.3, 0.4) is 0 Å². The molecule has 2 saturated heterocycles. The van der Waals surface area contributed by atoms with Gasteiger partial charge in [-0.3, -0.25) is 9.69 Å². The molecule has 0 aliphatic carbocycles. The lowest BCUT2D eigenvalue weighted by Crippen LogP contribution is -2.46. The Bertz CT molecular complexity index is 1380. The molecule has 2 fully saturated rings. The monoisotopic (exact) mass is 572 g/mol. The van der Waals surface area contributed by atoms with Gasteiger partial charge in [0.25, 0.3) is 0 Å². The van der Waals surface area contributed by atoms with Gasteiger partial charge in [-0.1, -0.05) is 6.07 Å². The molecular formula is C31H39F3N4O3. The molecule has 1 atom stereocenters. The quantitative estimate of drug-likeness (QED) is 0.397. The minimum atomic E-state index is -4.37. The fraction of sp³-hybridized carbons (Fsp3) is 0.516. The average Bonchev–Trinajstić information content (AvgIpc) is 3.54. The highest BCUT2D eigenvalue weighted by Crippen LogP contribution is 2.40. The van der Waals surface area contributed by atoms with Crippen LogP contribution in [0.1, 0.15) is 36.3 Å². The summed E-state index contributed by atoms with van der Waals surface area (Å²) in [5.74, 6) is 1.34. The lowest BCUT2D eigenvalue weighted by Gasteiger charge is -2.34. The SMILES string of the molecule is COc1ccc(-c2[nH]c3ccc(C4CCN(CC(=O)N(C)C5CCN(C)C5)CC4)cc3c2CC(F)(F)F)cc1OC. The smallest absolute Gasteiger partial charge is 0.393 e. The fourth-order valence-corrected chi connectivity index (χ4v) is 6.30. The number of fused-ring (bicyclic) bond motifs is 1. The first-order valence-corrected chi connectivity index (χ1v) is 14.2. The van der Waals surface area contributed by atoms with Crippen LogP contribution in [0.4, 0.5) is 13.2 Å². The summed E-state index contributed by atoms with van der Waals surface area (Å²) in [4.78, 5) is 22.5. The van der Waals surface area contributed by atoms with E-state index in [0.717, 1.165) is 51.0 Å². The number of alkyl halides is 3. The molecule has 5 rings (SSSR count). The molecule has 1 N–H and O–H groups in total. The highest BCUT2D eigenvalue weighted by Gasteiger charge is 2.32. The van der Waals surface area contributed by atoms with E-state index < -0.39 is 12.6 Å². The van der Waals surface area contributed by atoms with Crippen LogP contribution in [-0.4, -0.2) is 98.8 Å². The van der Waals surface area contributed by atoms with E-state index in [2.05, 4.69) is 21.8 Å². The largest absolute Gasteiger partial charge is 0.493 e. The fourth-order valence-electron chi connectivity index (χ4n) is 6.30. The number of H-pyrrole nitrogens is 1. The molecule has 222 valence electrons. The summed E-state index contributed by atoms with van der Waals surface area (Å²) in [6, 6.07) is 11.2. The Balaban J connectivity index is 1.34. The Morgan fingerprint density at radius 2 is 1.76 bits per heavy atom. The van der Waals surface area contributed by atoms with Crippen LogP contribution in [0, 0.1) is 0 Å². The Labute approximate surface area is 239 Å². The summed E-state index contributed by atoms with van der Waals surface area (Å²) in [7, 11) is 7.01. The standard InChI is InChI=1S/C31H39F3N4O3/c1-36-12-11-23(18-36)37(2)29(39)19-38-13-9-20(10-14-38)21-5-7-26-24(15-21)25(17-31(32,33)34)30(35-26)22-6-8-27(40-3)28(16-22)41-4/h5-8,15-16,20,23,35H,9-14,17-19H2,1-4H3. The number of rotatable bonds is 8. The number of aromatic nitrogens is 1. The van der Waals surface area contributed by atoms with Gasteiger partial charge in [0.15, 0.2) is 11.5 Å². The zero-order valence-corrected chi connectivity index (χ0v) is 24.2. The molecular weight excluding hydrogens is 533 g/mol. The number of piperidine rings is 1. The second-order valence-corrected chi connectivity index (χ2v) is 11.4. The molecule has 1 unspecified atom stereocenters. The molecule has 41 heavy (non-hydrogen) atoms. The highest BCUT2D eigenvalue weighted by atomic mass is 19.4. The lowest BCUT2D eigenvalue weighted by molar-refractivity contribution is -0.133. The molecule has 3 aromatic rings. The van der Waals surface area contributed by atoms with Gasteiger partial charge in [-0.15, -0.1) is 0 Å². The first-order chi connectivity index (χ1) is 19.6.